The van der Waals surface area contributed by atoms with E-state index in [0.29, 0.717) is 0 Å². The van der Waals surface area contributed by atoms with Crippen LogP contribution in [0.3, 0.4) is 0 Å². The standard InChI is InChI=1S/C8H9FNO2/c1-2-12-8(11)10-5-3-4-7(9)6-10/h3-6H,2H2,1H3/q+1. The molecule has 0 aliphatic rings. The van der Waals surface area contributed by atoms with Gasteiger partial charge in [0.25, 0.3) is 0 Å². The molecule has 0 aliphatic heterocycles. The number of nitrogens with zero attached hydrogens (tertiary/aromatic N) is 1. The highest BCUT2D eigenvalue weighted by atomic mass is 19.1. The molecule has 0 N–H and O–H groups in total. The molecule has 0 amide bonds. The zero-order valence-corrected chi connectivity index (χ0v) is 6.66. The molecule has 0 saturated heterocycles. The van der Waals surface area contributed by atoms with Crippen LogP contribution in [0.2, 0.25) is 0 Å². The van der Waals surface area contributed by atoms with E-state index in [1.165, 1.54) is 18.3 Å². The van der Waals surface area contributed by atoms with Crippen LogP contribution in [0.25, 0.3) is 0 Å². The Balaban J connectivity index is 2.81. The lowest BCUT2D eigenvalue weighted by Gasteiger charge is -1.93. The summed E-state index contributed by atoms with van der Waals surface area (Å²) in [5.74, 6) is -0.467. The highest BCUT2D eigenvalue weighted by Gasteiger charge is 2.14. The number of hydrogen-bond donors (Lipinski definition) is 0. The lowest BCUT2D eigenvalue weighted by Crippen LogP contribution is -2.42. The lowest BCUT2D eigenvalue weighted by atomic mass is 10.5. The van der Waals surface area contributed by atoms with Crippen LogP contribution in [0.15, 0.2) is 24.5 Å². The normalized spacial score (nSPS) is 9.50. The van der Waals surface area contributed by atoms with E-state index in [9.17, 15) is 9.18 Å². The second kappa shape index (κ2) is 3.80. The monoisotopic (exact) mass is 170 g/mol. The van der Waals surface area contributed by atoms with Gasteiger partial charge in [0, 0.05) is 6.07 Å². The Morgan fingerprint density at radius 3 is 3.08 bits per heavy atom. The van der Waals surface area contributed by atoms with Crippen molar-refractivity contribution in [3.05, 3.63) is 30.3 Å². The SMILES string of the molecule is CCOC(=O)[n+]1cccc(F)c1. The van der Waals surface area contributed by atoms with E-state index in [0.717, 1.165) is 10.8 Å². The number of ether oxygens (including phenoxy) is 1. The molecule has 0 fully saturated rings. The number of halogens is 1. The van der Waals surface area contributed by atoms with Crippen molar-refractivity contribution in [1.29, 1.82) is 0 Å². The molecule has 0 unspecified atom stereocenters. The van der Waals surface area contributed by atoms with Gasteiger partial charge >= 0.3 is 6.09 Å². The van der Waals surface area contributed by atoms with Crippen molar-refractivity contribution in [2.75, 3.05) is 6.61 Å². The van der Waals surface area contributed by atoms with Gasteiger partial charge in [0.1, 0.15) is 0 Å². The minimum Gasteiger partial charge on any atom is -0.412 e. The van der Waals surface area contributed by atoms with Crippen molar-refractivity contribution < 1.29 is 18.5 Å². The second-order valence-electron chi connectivity index (χ2n) is 2.13. The molecule has 4 heteroatoms. The smallest absolute Gasteiger partial charge is 0.412 e. The fourth-order valence-corrected chi connectivity index (χ4v) is 0.758. The number of pyridine rings is 1. The van der Waals surface area contributed by atoms with Gasteiger partial charge in [0.05, 0.1) is 6.61 Å². The zero-order chi connectivity index (χ0) is 8.97. The van der Waals surface area contributed by atoms with Crippen LogP contribution in [-0.2, 0) is 4.74 Å². The van der Waals surface area contributed by atoms with E-state index >= 15 is 0 Å². The third-order valence-corrected chi connectivity index (χ3v) is 1.24. The first kappa shape index (κ1) is 8.64. The highest BCUT2D eigenvalue weighted by molar-refractivity contribution is 5.56. The lowest BCUT2D eigenvalue weighted by molar-refractivity contribution is -0.587. The maximum absolute atomic E-state index is 12.5. The van der Waals surface area contributed by atoms with Gasteiger partial charge in [-0.15, -0.1) is 0 Å². The maximum atomic E-state index is 12.5. The van der Waals surface area contributed by atoms with Crippen molar-refractivity contribution in [1.82, 2.24) is 0 Å². The van der Waals surface area contributed by atoms with Crippen molar-refractivity contribution in [2.24, 2.45) is 0 Å². The van der Waals surface area contributed by atoms with Crippen LogP contribution in [0.4, 0.5) is 9.18 Å². The van der Waals surface area contributed by atoms with Crippen LogP contribution in [0.5, 0.6) is 0 Å². The summed E-state index contributed by atoms with van der Waals surface area (Å²) in [4.78, 5) is 11.0. The number of carbonyl (C=O) groups excluding carboxylic acids is 1. The van der Waals surface area contributed by atoms with Crippen molar-refractivity contribution in [2.45, 2.75) is 6.92 Å². The van der Waals surface area contributed by atoms with Crippen molar-refractivity contribution in [3.63, 3.8) is 0 Å². The van der Waals surface area contributed by atoms with Crippen LogP contribution >= 0.6 is 0 Å². The molecular weight excluding hydrogens is 161 g/mol. The summed E-state index contributed by atoms with van der Waals surface area (Å²) >= 11 is 0. The molecule has 0 spiro atoms. The van der Waals surface area contributed by atoms with Crippen LogP contribution in [0.1, 0.15) is 6.92 Å². The minimum absolute atomic E-state index is 0.280. The van der Waals surface area contributed by atoms with E-state index in [4.69, 9.17) is 0 Å². The van der Waals surface area contributed by atoms with Gasteiger partial charge in [0.2, 0.25) is 6.20 Å². The minimum atomic E-state index is -0.572. The van der Waals surface area contributed by atoms with E-state index in [2.05, 4.69) is 4.74 Å². The molecule has 1 aromatic heterocycles. The quantitative estimate of drug-likeness (QED) is 0.591. The molecule has 0 aliphatic carbocycles. The number of aromatic nitrogens is 1. The van der Waals surface area contributed by atoms with Gasteiger partial charge < -0.3 is 4.74 Å². The molecule has 3 nitrogen and oxygen atoms in total. The largest absolute Gasteiger partial charge is 0.602 e. The first-order valence-electron chi connectivity index (χ1n) is 3.58. The van der Waals surface area contributed by atoms with Gasteiger partial charge in [-0.1, -0.05) is 4.57 Å². The molecule has 12 heavy (non-hydrogen) atoms. The van der Waals surface area contributed by atoms with E-state index in [1.54, 1.807) is 6.92 Å². The summed E-state index contributed by atoms with van der Waals surface area (Å²) in [5.41, 5.74) is 0. The Morgan fingerprint density at radius 1 is 1.75 bits per heavy atom. The predicted octanol–water partition coefficient (Wildman–Crippen LogP) is 1.12. The molecule has 0 saturated carbocycles. The summed E-state index contributed by atoms with van der Waals surface area (Å²) < 4.78 is 18.2. The second-order valence-corrected chi connectivity index (χ2v) is 2.13. The van der Waals surface area contributed by atoms with Crippen LogP contribution < -0.4 is 4.57 Å². The first-order chi connectivity index (χ1) is 5.74. The average Bonchev–Trinajstić information content (AvgIpc) is 2.05. The van der Waals surface area contributed by atoms with Gasteiger partial charge in [0.15, 0.2) is 12.0 Å². The maximum Gasteiger partial charge on any atom is 0.602 e. The Kier molecular flexibility index (Phi) is 2.74. The summed E-state index contributed by atoms with van der Waals surface area (Å²) in [5, 5.41) is 0. The number of carbonyl (C=O) groups is 1. The first-order valence-corrected chi connectivity index (χ1v) is 3.58. The van der Waals surface area contributed by atoms with Gasteiger partial charge in [-0.3, -0.25) is 0 Å². The summed E-state index contributed by atoms with van der Waals surface area (Å²) in [6.45, 7) is 1.97. The van der Waals surface area contributed by atoms with Gasteiger partial charge in [-0.25, -0.2) is 4.39 Å². The third-order valence-electron chi connectivity index (χ3n) is 1.24. The predicted molar refractivity (Wildman–Crippen MR) is 39.0 cm³/mol. The molecule has 1 rings (SSSR count). The highest BCUT2D eigenvalue weighted by Crippen LogP contribution is 1.89. The Bertz CT molecular complexity index is 288. The zero-order valence-electron chi connectivity index (χ0n) is 6.66. The summed E-state index contributed by atoms with van der Waals surface area (Å²) in [6, 6.07) is 2.70. The molecule has 0 aromatic carbocycles. The third kappa shape index (κ3) is 2.02. The Morgan fingerprint density at radius 2 is 2.50 bits per heavy atom. The number of hydrogen-bond acceptors (Lipinski definition) is 2. The molecule has 0 atom stereocenters. The average molecular weight is 170 g/mol. The van der Waals surface area contributed by atoms with E-state index < -0.39 is 11.9 Å². The van der Waals surface area contributed by atoms with Gasteiger partial charge in [-0.2, -0.15) is 4.79 Å². The summed E-state index contributed by atoms with van der Waals surface area (Å²) in [7, 11) is 0. The van der Waals surface area contributed by atoms with E-state index in [1.807, 2.05) is 0 Å². The van der Waals surface area contributed by atoms with E-state index in [-0.39, 0.29) is 6.61 Å². The fourth-order valence-electron chi connectivity index (χ4n) is 0.758. The molecular formula is C8H9FNO2+. The fraction of sp³-hybridized carbons (Fsp3) is 0.250. The Labute approximate surface area is 69.4 Å². The Hall–Kier alpha value is -1.45. The summed E-state index contributed by atoms with van der Waals surface area (Å²) in [6.07, 6.45) is 1.93. The molecule has 0 bridgehead atoms. The van der Waals surface area contributed by atoms with Gasteiger partial charge in [-0.05, 0) is 13.0 Å². The molecule has 0 radical (unpaired) electrons. The van der Waals surface area contributed by atoms with Crippen molar-refractivity contribution in [3.8, 4) is 0 Å². The molecule has 1 aromatic rings. The molecule has 1 heterocycles. The molecule has 64 valence electrons. The number of rotatable bonds is 1. The van der Waals surface area contributed by atoms with Crippen molar-refractivity contribution >= 4 is 6.09 Å². The van der Waals surface area contributed by atoms with Crippen LogP contribution in [0, 0.1) is 5.82 Å². The topological polar surface area (TPSA) is 30.2 Å². The van der Waals surface area contributed by atoms with Crippen LogP contribution in [-0.4, -0.2) is 12.7 Å².